The lowest BCUT2D eigenvalue weighted by Crippen LogP contribution is -1.85. The van der Waals surface area contributed by atoms with Crippen LogP contribution in [0.4, 0.5) is 0 Å². The third-order valence-electron chi connectivity index (χ3n) is 0.933. The molecule has 0 aliphatic carbocycles. The molecular formula is C8H13N3. The highest BCUT2D eigenvalue weighted by molar-refractivity contribution is 5.03. The largest absolute Gasteiger partial charge is 0.255 e. The molecule has 0 atom stereocenters. The Hall–Kier alpha value is -1.30. The van der Waals surface area contributed by atoms with E-state index in [9.17, 15) is 0 Å². The fourth-order valence-corrected chi connectivity index (χ4v) is 0.581. The second-order valence-corrected chi connectivity index (χ2v) is 1.76. The van der Waals surface area contributed by atoms with Crippen molar-refractivity contribution in [3.8, 4) is 12.3 Å². The van der Waals surface area contributed by atoms with Gasteiger partial charge in [-0.15, -0.1) is 17.4 Å². The van der Waals surface area contributed by atoms with Gasteiger partial charge in [0.2, 0.25) is 0 Å². The Bertz CT molecular complexity index is 232. The molecule has 0 unspecified atom stereocenters. The molecule has 0 radical (unpaired) electrons. The summed E-state index contributed by atoms with van der Waals surface area (Å²) in [6, 6.07) is 0. The Morgan fingerprint density at radius 3 is 2.64 bits per heavy atom. The molecule has 3 heteroatoms. The number of aryl methyl sites for hydroxylation is 1. The van der Waals surface area contributed by atoms with Crippen LogP contribution >= 0.6 is 0 Å². The summed E-state index contributed by atoms with van der Waals surface area (Å²) >= 11 is 0. The SMILES string of the molecule is C#CCc1cn(C)nn1.CC. The highest BCUT2D eigenvalue weighted by Gasteiger charge is 1.92. The summed E-state index contributed by atoms with van der Waals surface area (Å²) in [6.45, 7) is 4.00. The highest BCUT2D eigenvalue weighted by atomic mass is 15.4. The summed E-state index contributed by atoms with van der Waals surface area (Å²) < 4.78 is 1.63. The van der Waals surface area contributed by atoms with Gasteiger partial charge in [0.25, 0.3) is 0 Å². The topological polar surface area (TPSA) is 30.7 Å². The summed E-state index contributed by atoms with van der Waals surface area (Å²) in [7, 11) is 1.81. The van der Waals surface area contributed by atoms with E-state index in [1.165, 1.54) is 0 Å². The van der Waals surface area contributed by atoms with Gasteiger partial charge in [-0.05, 0) is 0 Å². The van der Waals surface area contributed by atoms with Crippen molar-refractivity contribution in [2.45, 2.75) is 20.3 Å². The van der Waals surface area contributed by atoms with Crippen molar-refractivity contribution >= 4 is 0 Å². The van der Waals surface area contributed by atoms with Crippen LogP contribution < -0.4 is 0 Å². The van der Waals surface area contributed by atoms with E-state index < -0.39 is 0 Å². The van der Waals surface area contributed by atoms with Crippen molar-refractivity contribution in [1.29, 1.82) is 0 Å². The standard InChI is InChI=1S/C6H7N3.C2H6/c1-3-4-6-5-9(2)8-7-6;1-2/h1,5H,4H2,2H3;1-2H3. The van der Waals surface area contributed by atoms with Crippen LogP contribution in [0.3, 0.4) is 0 Å². The van der Waals surface area contributed by atoms with Crippen LogP contribution in [0, 0.1) is 12.3 Å². The molecule has 0 N–H and O–H groups in total. The molecule has 0 saturated heterocycles. The zero-order chi connectivity index (χ0) is 8.69. The van der Waals surface area contributed by atoms with Gasteiger partial charge in [0.1, 0.15) is 0 Å². The Morgan fingerprint density at radius 2 is 2.27 bits per heavy atom. The van der Waals surface area contributed by atoms with Crippen LogP contribution in [0.2, 0.25) is 0 Å². The maximum Gasteiger partial charge on any atom is 0.0945 e. The molecule has 0 aliphatic heterocycles. The molecule has 11 heavy (non-hydrogen) atoms. The van der Waals surface area contributed by atoms with Crippen molar-refractivity contribution in [3.05, 3.63) is 11.9 Å². The molecule has 0 spiro atoms. The van der Waals surface area contributed by atoms with E-state index in [4.69, 9.17) is 6.42 Å². The van der Waals surface area contributed by atoms with E-state index in [1.54, 1.807) is 10.9 Å². The highest BCUT2D eigenvalue weighted by Crippen LogP contribution is 1.89. The summed E-state index contributed by atoms with van der Waals surface area (Å²) in [5.41, 5.74) is 0.847. The first-order chi connectivity index (χ1) is 5.33. The first kappa shape index (κ1) is 9.70. The first-order valence-electron chi connectivity index (χ1n) is 3.61. The Balaban J connectivity index is 0.000000461. The molecule has 0 saturated carbocycles. The average molecular weight is 151 g/mol. The van der Waals surface area contributed by atoms with Crippen molar-refractivity contribution in [2.75, 3.05) is 0 Å². The summed E-state index contributed by atoms with van der Waals surface area (Å²) in [6.07, 6.45) is 7.41. The van der Waals surface area contributed by atoms with Crippen LogP contribution in [0.1, 0.15) is 19.5 Å². The molecule has 0 fully saturated rings. The molecule has 0 bridgehead atoms. The summed E-state index contributed by atoms with van der Waals surface area (Å²) in [4.78, 5) is 0. The number of nitrogens with zero attached hydrogens (tertiary/aromatic N) is 3. The number of terminal acetylenes is 1. The lowest BCUT2D eigenvalue weighted by atomic mass is 10.3. The molecule has 0 amide bonds. The zero-order valence-corrected chi connectivity index (χ0v) is 7.20. The Morgan fingerprint density at radius 1 is 1.64 bits per heavy atom. The molecule has 1 aromatic heterocycles. The minimum atomic E-state index is 0.563. The second kappa shape index (κ2) is 5.48. The van der Waals surface area contributed by atoms with Crippen molar-refractivity contribution in [3.63, 3.8) is 0 Å². The van der Waals surface area contributed by atoms with E-state index in [-0.39, 0.29) is 0 Å². The number of hydrogen-bond acceptors (Lipinski definition) is 2. The van der Waals surface area contributed by atoms with Crippen LogP contribution in [0.5, 0.6) is 0 Å². The van der Waals surface area contributed by atoms with Crippen molar-refractivity contribution in [1.82, 2.24) is 15.0 Å². The number of rotatable bonds is 1. The van der Waals surface area contributed by atoms with Gasteiger partial charge in [-0.3, -0.25) is 4.68 Å². The fraction of sp³-hybridized carbons (Fsp3) is 0.500. The van der Waals surface area contributed by atoms with Gasteiger partial charge in [-0.25, -0.2) is 0 Å². The van der Waals surface area contributed by atoms with E-state index in [2.05, 4.69) is 16.2 Å². The summed E-state index contributed by atoms with van der Waals surface area (Å²) in [5, 5.41) is 7.48. The molecule has 0 aliphatic rings. The van der Waals surface area contributed by atoms with Gasteiger partial charge in [-0.1, -0.05) is 19.1 Å². The van der Waals surface area contributed by atoms with Crippen LogP contribution in [0.25, 0.3) is 0 Å². The van der Waals surface area contributed by atoms with Crippen LogP contribution in [0.15, 0.2) is 6.20 Å². The van der Waals surface area contributed by atoms with Gasteiger partial charge < -0.3 is 0 Å². The van der Waals surface area contributed by atoms with Crippen LogP contribution in [-0.2, 0) is 13.5 Å². The van der Waals surface area contributed by atoms with Gasteiger partial charge in [-0.2, -0.15) is 0 Å². The molecule has 60 valence electrons. The second-order valence-electron chi connectivity index (χ2n) is 1.76. The molecule has 1 rings (SSSR count). The minimum Gasteiger partial charge on any atom is -0.255 e. The lowest BCUT2D eigenvalue weighted by Gasteiger charge is -1.78. The lowest BCUT2D eigenvalue weighted by molar-refractivity contribution is 0.714. The maximum absolute atomic E-state index is 5.04. The smallest absolute Gasteiger partial charge is 0.0945 e. The third-order valence-corrected chi connectivity index (χ3v) is 0.933. The monoisotopic (exact) mass is 151 g/mol. The van der Waals surface area contributed by atoms with Gasteiger partial charge in [0.05, 0.1) is 12.1 Å². The molecule has 3 nitrogen and oxygen atoms in total. The van der Waals surface area contributed by atoms with E-state index in [1.807, 2.05) is 20.9 Å². The van der Waals surface area contributed by atoms with E-state index in [0.29, 0.717) is 6.42 Å². The normalized spacial score (nSPS) is 7.82. The first-order valence-corrected chi connectivity index (χ1v) is 3.61. The zero-order valence-electron chi connectivity index (χ0n) is 7.20. The van der Waals surface area contributed by atoms with Crippen molar-refractivity contribution in [2.24, 2.45) is 7.05 Å². The summed E-state index contributed by atoms with van der Waals surface area (Å²) in [5.74, 6) is 2.48. The third kappa shape index (κ3) is 3.41. The Labute approximate surface area is 67.4 Å². The molecule has 0 aromatic carbocycles. The predicted molar refractivity (Wildman–Crippen MR) is 44.9 cm³/mol. The average Bonchev–Trinajstić information content (AvgIpc) is 2.41. The van der Waals surface area contributed by atoms with Gasteiger partial charge >= 0.3 is 0 Å². The fourth-order valence-electron chi connectivity index (χ4n) is 0.581. The van der Waals surface area contributed by atoms with E-state index in [0.717, 1.165) is 5.69 Å². The number of hydrogen-bond donors (Lipinski definition) is 0. The number of aromatic nitrogens is 3. The predicted octanol–water partition coefficient (Wildman–Crippen LogP) is 1.02. The van der Waals surface area contributed by atoms with Gasteiger partial charge in [0, 0.05) is 13.2 Å². The van der Waals surface area contributed by atoms with Crippen LogP contribution in [-0.4, -0.2) is 15.0 Å². The van der Waals surface area contributed by atoms with E-state index >= 15 is 0 Å². The maximum atomic E-state index is 5.04. The van der Waals surface area contributed by atoms with Gasteiger partial charge in [0.15, 0.2) is 0 Å². The molecule has 1 aromatic rings. The minimum absolute atomic E-state index is 0.563. The molecule has 1 heterocycles. The Kier molecular flexibility index (Phi) is 4.83. The van der Waals surface area contributed by atoms with Crippen molar-refractivity contribution < 1.29 is 0 Å². The quantitative estimate of drug-likeness (QED) is 0.561. The molecular weight excluding hydrogens is 138 g/mol.